The summed E-state index contributed by atoms with van der Waals surface area (Å²) in [6.45, 7) is 3.81. The minimum atomic E-state index is -0.328. The first-order valence-corrected chi connectivity index (χ1v) is 4.30. The highest BCUT2D eigenvalue weighted by Crippen LogP contribution is 2.15. The molecule has 0 fully saturated rings. The van der Waals surface area contributed by atoms with E-state index in [2.05, 4.69) is 16.8 Å². The van der Waals surface area contributed by atoms with Gasteiger partial charge in [0.15, 0.2) is 0 Å². The highest BCUT2D eigenvalue weighted by Gasteiger charge is 2.18. The van der Waals surface area contributed by atoms with Crippen LogP contribution >= 0.6 is 0 Å². The molecule has 0 radical (unpaired) electrons. The van der Waals surface area contributed by atoms with Crippen LogP contribution in [-0.2, 0) is 4.84 Å². The number of hydrogen-bond donors (Lipinski definition) is 1. The smallest absolute Gasteiger partial charge is 0.284 e. The van der Waals surface area contributed by atoms with Crippen LogP contribution in [0.15, 0.2) is 18.9 Å². The van der Waals surface area contributed by atoms with Gasteiger partial charge in [-0.2, -0.15) is 5.10 Å². The Hall–Kier alpha value is -1.82. The lowest BCUT2D eigenvalue weighted by Gasteiger charge is -2.12. The molecule has 1 heterocycles. The number of ether oxygens (including phenoxy) is 1. The number of nitrogens with one attached hydrogen (secondary N) is 1. The average Bonchev–Trinajstić information content (AvgIpc) is 2.72. The summed E-state index contributed by atoms with van der Waals surface area (Å²) in [5.41, 5.74) is 0.321. The fourth-order valence-electron chi connectivity index (χ4n) is 0.931. The molecule has 1 rings (SSSR count). The molecule has 6 heteroatoms. The third kappa shape index (κ3) is 2.57. The molecule has 0 unspecified atom stereocenters. The molecular formula is C9H13N3O3. The molecule has 0 aliphatic carbocycles. The van der Waals surface area contributed by atoms with Crippen LogP contribution in [0.5, 0.6) is 5.88 Å². The number of hydrogen-bond acceptors (Lipinski definition) is 4. The van der Waals surface area contributed by atoms with Crippen LogP contribution in [-0.4, -0.2) is 41.9 Å². The number of carbonyl (C=O) groups is 1. The number of hydroxylamine groups is 2. The van der Waals surface area contributed by atoms with Gasteiger partial charge in [-0.3, -0.25) is 9.63 Å². The molecule has 0 aliphatic rings. The molecule has 1 N–H and O–H groups in total. The summed E-state index contributed by atoms with van der Waals surface area (Å²) in [6, 6.07) is 0. The molecule has 0 aliphatic heterocycles. The zero-order valence-corrected chi connectivity index (χ0v) is 8.69. The molecule has 15 heavy (non-hydrogen) atoms. The summed E-state index contributed by atoms with van der Waals surface area (Å²) in [5, 5.41) is 7.39. The quantitative estimate of drug-likeness (QED) is 0.572. The van der Waals surface area contributed by atoms with Crippen molar-refractivity contribution in [2.75, 3.05) is 20.8 Å². The van der Waals surface area contributed by atoms with E-state index >= 15 is 0 Å². The molecule has 6 nitrogen and oxygen atoms in total. The van der Waals surface area contributed by atoms with Crippen LogP contribution < -0.4 is 4.74 Å². The van der Waals surface area contributed by atoms with Gasteiger partial charge < -0.3 is 4.74 Å². The van der Waals surface area contributed by atoms with Gasteiger partial charge in [0.2, 0.25) is 5.88 Å². The Balaban J connectivity index is 2.79. The number of aromatic amines is 1. The maximum absolute atomic E-state index is 11.7. The Morgan fingerprint density at radius 2 is 2.53 bits per heavy atom. The molecule has 1 aromatic rings. The predicted octanol–water partition coefficient (Wildman–Crippen LogP) is 0.608. The van der Waals surface area contributed by atoms with Crippen LogP contribution in [0, 0.1) is 0 Å². The second-order valence-electron chi connectivity index (χ2n) is 2.70. The Labute approximate surface area is 87.4 Å². The summed E-state index contributed by atoms with van der Waals surface area (Å²) < 4.78 is 5.20. The van der Waals surface area contributed by atoms with Gasteiger partial charge >= 0.3 is 0 Å². The summed E-state index contributed by atoms with van der Waals surface area (Å²) in [4.78, 5) is 16.4. The highest BCUT2D eigenvalue weighted by atomic mass is 16.7. The fraction of sp³-hybridized carbons (Fsp3) is 0.333. The van der Waals surface area contributed by atoms with Crippen molar-refractivity contribution in [1.29, 1.82) is 0 Å². The van der Waals surface area contributed by atoms with Crippen molar-refractivity contribution in [2.45, 2.75) is 0 Å². The minimum absolute atomic E-state index is 0.305. The van der Waals surface area contributed by atoms with Crippen LogP contribution in [0.1, 0.15) is 10.4 Å². The zero-order valence-electron chi connectivity index (χ0n) is 8.69. The Bertz CT molecular complexity index is 348. The van der Waals surface area contributed by atoms with Crippen LogP contribution in [0.2, 0.25) is 0 Å². The summed E-state index contributed by atoms with van der Waals surface area (Å²) in [7, 11) is 2.91. The molecule has 0 saturated carbocycles. The molecular weight excluding hydrogens is 198 g/mol. The normalized spacial score (nSPS) is 9.73. The van der Waals surface area contributed by atoms with E-state index in [1.165, 1.54) is 20.4 Å². The first-order chi connectivity index (χ1) is 7.20. The standard InChI is InChI=1S/C9H13N3O3/c1-4-5-15-8-7(6-10-11-8)9(13)12(2)14-3/h4,6H,1,5H2,2-3H3,(H,10,11). The van der Waals surface area contributed by atoms with Gasteiger partial charge in [0.25, 0.3) is 5.91 Å². The van der Waals surface area contributed by atoms with Gasteiger partial charge in [-0.15, -0.1) is 0 Å². The SMILES string of the molecule is C=CCOc1[nH]ncc1C(=O)N(C)OC. The maximum atomic E-state index is 11.7. The van der Waals surface area contributed by atoms with Gasteiger partial charge in [-0.25, -0.2) is 10.2 Å². The third-order valence-corrected chi connectivity index (χ3v) is 1.74. The van der Waals surface area contributed by atoms with Gasteiger partial charge in [-0.1, -0.05) is 12.7 Å². The largest absolute Gasteiger partial charge is 0.473 e. The van der Waals surface area contributed by atoms with E-state index in [9.17, 15) is 4.79 Å². The van der Waals surface area contributed by atoms with Crippen LogP contribution in [0.3, 0.4) is 0 Å². The Kier molecular flexibility index (Phi) is 3.87. The lowest BCUT2D eigenvalue weighted by molar-refractivity contribution is -0.0758. The molecule has 82 valence electrons. The summed E-state index contributed by atoms with van der Waals surface area (Å²) >= 11 is 0. The molecule has 0 spiro atoms. The maximum Gasteiger partial charge on any atom is 0.284 e. The van der Waals surface area contributed by atoms with Gasteiger partial charge in [0, 0.05) is 7.05 Å². The van der Waals surface area contributed by atoms with Crippen molar-refractivity contribution in [3.8, 4) is 5.88 Å². The number of nitrogens with zero attached hydrogens (tertiary/aromatic N) is 2. The first-order valence-electron chi connectivity index (χ1n) is 4.30. The van der Waals surface area contributed by atoms with Gasteiger partial charge in [-0.05, 0) is 0 Å². The van der Waals surface area contributed by atoms with E-state index in [-0.39, 0.29) is 5.91 Å². The van der Waals surface area contributed by atoms with E-state index in [1.807, 2.05) is 0 Å². The molecule has 0 bridgehead atoms. The monoisotopic (exact) mass is 211 g/mol. The van der Waals surface area contributed by atoms with Crippen molar-refractivity contribution in [3.63, 3.8) is 0 Å². The van der Waals surface area contributed by atoms with Crippen molar-refractivity contribution in [1.82, 2.24) is 15.3 Å². The van der Waals surface area contributed by atoms with E-state index < -0.39 is 0 Å². The lowest BCUT2D eigenvalue weighted by atomic mass is 10.3. The highest BCUT2D eigenvalue weighted by molar-refractivity contribution is 5.95. The Morgan fingerprint density at radius 3 is 3.13 bits per heavy atom. The third-order valence-electron chi connectivity index (χ3n) is 1.74. The van der Waals surface area contributed by atoms with Crippen molar-refractivity contribution in [3.05, 3.63) is 24.4 Å². The number of carbonyl (C=O) groups excluding carboxylic acids is 1. The first kappa shape index (κ1) is 11.3. The van der Waals surface area contributed by atoms with Gasteiger partial charge in [0.1, 0.15) is 12.2 Å². The number of amides is 1. The van der Waals surface area contributed by atoms with E-state index in [0.29, 0.717) is 18.1 Å². The van der Waals surface area contributed by atoms with Crippen molar-refractivity contribution >= 4 is 5.91 Å². The van der Waals surface area contributed by atoms with E-state index in [4.69, 9.17) is 9.57 Å². The number of aromatic nitrogens is 2. The lowest BCUT2D eigenvalue weighted by Crippen LogP contribution is -2.25. The second-order valence-corrected chi connectivity index (χ2v) is 2.70. The van der Waals surface area contributed by atoms with E-state index in [0.717, 1.165) is 5.06 Å². The van der Waals surface area contributed by atoms with Crippen molar-refractivity contribution in [2.24, 2.45) is 0 Å². The average molecular weight is 211 g/mol. The zero-order chi connectivity index (χ0) is 11.3. The van der Waals surface area contributed by atoms with Crippen LogP contribution in [0.25, 0.3) is 0 Å². The fourth-order valence-corrected chi connectivity index (χ4v) is 0.931. The van der Waals surface area contributed by atoms with E-state index in [1.54, 1.807) is 6.08 Å². The number of H-pyrrole nitrogens is 1. The molecule has 1 amide bonds. The topological polar surface area (TPSA) is 67.5 Å². The second kappa shape index (κ2) is 5.16. The summed E-state index contributed by atoms with van der Waals surface area (Å²) in [5.74, 6) is -0.0193. The summed E-state index contributed by atoms with van der Waals surface area (Å²) in [6.07, 6.45) is 2.96. The predicted molar refractivity (Wildman–Crippen MR) is 53.4 cm³/mol. The molecule has 0 saturated heterocycles. The Morgan fingerprint density at radius 1 is 1.80 bits per heavy atom. The molecule has 0 atom stereocenters. The van der Waals surface area contributed by atoms with Crippen LogP contribution in [0.4, 0.5) is 0 Å². The van der Waals surface area contributed by atoms with Crippen molar-refractivity contribution < 1.29 is 14.4 Å². The van der Waals surface area contributed by atoms with Gasteiger partial charge in [0.05, 0.1) is 13.3 Å². The number of rotatable bonds is 5. The molecule has 0 aromatic carbocycles. The molecule has 1 aromatic heterocycles. The minimum Gasteiger partial charge on any atom is -0.473 e.